The van der Waals surface area contributed by atoms with Gasteiger partial charge in [-0.3, -0.25) is 0 Å². The lowest BCUT2D eigenvalue weighted by molar-refractivity contribution is 0.212. The molecule has 0 radical (unpaired) electrons. The van der Waals surface area contributed by atoms with Gasteiger partial charge in [-0.1, -0.05) is 0 Å². The van der Waals surface area contributed by atoms with E-state index in [1.54, 1.807) is 0 Å². The van der Waals surface area contributed by atoms with Crippen molar-refractivity contribution in [2.45, 2.75) is 30.4 Å². The van der Waals surface area contributed by atoms with Crippen LogP contribution < -0.4 is 0 Å². The fourth-order valence-corrected chi connectivity index (χ4v) is 2.23. The zero-order valence-electron chi connectivity index (χ0n) is 9.57. The SMILES string of the molecule is CC(N(C)C)C(P)(S)C(C)N(C)C. The molecular formula is C9H23N2PS. The third-order valence-corrected chi connectivity index (χ3v) is 4.60. The van der Waals surface area contributed by atoms with Crippen molar-refractivity contribution < 1.29 is 0 Å². The van der Waals surface area contributed by atoms with Crippen LogP contribution >= 0.6 is 21.9 Å². The molecule has 0 saturated carbocycles. The van der Waals surface area contributed by atoms with Crippen LogP contribution in [0.5, 0.6) is 0 Å². The summed E-state index contributed by atoms with van der Waals surface area (Å²) in [6.07, 6.45) is 0. The van der Waals surface area contributed by atoms with Crippen molar-refractivity contribution in [1.82, 2.24) is 9.80 Å². The van der Waals surface area contributed by atoms with E-state index in [1.165, 1.54) is 0 Å². The van der Waals surface area contributed by atoms with Crippen LogP contribution in [-0.2, 0) is 0 Å². The molecule has 3 atom stereocenters. The van der Waals surface area contributed by atoms with Gasteiger partial charge in [-0.15, -0.1) is 9.24 Å². The van der Waals surface area contributed by atoms with Gasteiger partial charge in [-0.25, -0.2) is 0 Å². The lowest BCUT2D eigenvalue weighted by Crippen LogP contribution is -2.51. The summed E-state index contributed by atoms with van der Waals surface area (Å²) in [6.45, 7) is 4.39. The predicted octanol–water partition coefficient (Wildman–Crippen LogP) is 1.39. The van der Waals surface area contributed by atoms with Gasteiger partial charge in [0.2, 0.25) is 0 Å². The van der Waals surface area contributed by atoms with Gasteiger partial charge in [0.1, 0.15) is 0 Å². The number of thiol groups is 1. The Hall–Kier alpha value is 0.700. The first-order chi connectivity index (χ1) is 5.71. The van der Waals surface area contributed by atoms with Gasteiger partial charge in [-0.05, 0) is 42.0 Å². The van der Waals surface area contributed by atoms with Crippen molar-refractivity contribution in [3.05, 3.63) is 0 Å². The first-order valence-electron chi connectivity index (χ1n) is 4.55. The second-order valence-electron chi connectivity index (χ2n) is 4.17. The molecule has 0 N–H and O–H groups in total. The molecule has 0 bridgehead atoms. The van der Waals surface area contributed by atoms with Crippen molar-refractivity contribution in [2.75, 3.05) is 28.2 Å². The van der Waals surface area contributed by atoms with Crippen molar-refractivity contribution in [3.63, 3.8) is 0 Å². The van der Waals surface area contributed by atoms with E-state index in [0.29, 0.717) is 12.1 Å². The molecule has 0 aliphatic rings. The molecule has 13 heavy (non-hydrogen) atoms. The summed E-state index contributed by atoms with van der Waals surface area (Å²) in [5, 5.41) is 0. The minimum atomic E-state index is -0.0764. The molecular weight excluding hydrogens is 199 g/mol. The van der Waals surface area contributed by atoms with Crippen LogP contribution in [-0.4, -0.2) is 54.6 Å². The van der Waals surface area contributed by atoms with E-state index in [1.807, 2.05) is 0 Å². The smallest absolute Gasteiger partial charge is 0.0572 e. The third-order valence-electron chi connectivity index (χ3n) is 2.89. The Kier molecular flexibility index (Phi) is 5.24. The van der Waals surface area contributed by atoms with Crippen LogP contribution in [0, 0.1) is 0 Å². The molecule has 0 aliphatic heterocycles. The van der Waals surface area contributed by atoms with Crippen LogP contribution in [0.4, 0.5) is 0 Å². The highest BCUT2D eigenvalue weighted by molar-refractivity contribution is 7.87. The van der Waals surface area contributed by atoms with E-state index >= 15 is 0 Å². The molecule has 0 heterocycles. The van der Waals surface area contributed by atoms with Crippen LogP contribution in [0.3, 0.4) is 0 Å². The van der Waals surface area contributed by atoms with Crippen LogP contribution in [0.1, 0.15) is 13.8 Å². The first kappa shape index (κ1) is 13.7. The third kappa shape index (κ3) is 3.39. The average molecular weight is 222 g/mol. The molecule has 0 saturated heterocycles. The summed E-state index contributed by atoms with van der Waals surface area (Å²) < 4.78 is -0.0764. The lowest BCUT2D eigenvalue weighted by atomic mass is 10.1. The maximum absolute atomic E-state index is 4.73. The molecule has 0 amide bonds. The first-order valence-corrected chi connectivity index (χ1v) is 5.57. The summed E-state index contributed by atoms with van der Waals surface area (Å²) in [5.74, 6) is 0. The molecule has 0 aliphatic carbocycles. The molecule has 0 aromatic heterocycles. The molecule has 0 aromatic rings. The number of rotatable bonds is 4. The minimum Gasteiger partial charge on any atom is -0.305 e. The largest absolute Gasteiger partial charge is 0.305 e. The highest BCUT2D eigenvalue weighted by Crippen LogP contribution is 2.35. The zero-order chi connectivity index (χ0) is 10.8. The van der Waals surface area contributed by atoms with E-state index in [-0.39, 0.29) is 4.49 Å². The van der Waals surface area contributed by atoms with E-state index in [2.05, 4.69) is 61.1 Å². The van der Waals surface area contributed by atoms with E-state index in [0.717, 1.165) is 0 Å². The normalized spacial score (nSPS) is 21.7. The van der Waals surface area contributed by atoms with Crippen LogP contribution in [0.15, 0.2) is 0 Å². The topological polar surface area (TPSA) is 6.48 Å². The maximum Gasteiger partial charge on any atom is 0.0572 e. The molecule has 0 spiro atoms. The Morgan fingerprint density at radius 2 is 1.23 bits per heavy atom. The minimum absolute atomic E-state index is 0.0764. The molecule has 4 heteroatoms. The van der Waals surface area contributed by atoms with Gasteiger partial charge < -0.3 is 9.80 Å². The Morgan fingerprint density at radius 3 is 1.38 bits per heavy atom. The van der Waals surface area contributed by atoms with Crippen molar-refractivity contribution in [3.8, 4) is 0 Å². The molecule has 0 aromatic carbocycles. The summed E-state index contributed by atoms with van der Waals surface area (Å²) >= 11 is 4.73. The number of hydrogen-bond donors (Lipinski definition) is 1. The number of nitrogens with zero attached hydrogens (tertiary/aromatic N) is 2. The van der Waals surface area contributed by atoms with Crippen molar-refractivity contribution in [2.24, 2.45) is 0 Å². The summed E-state index contributed by atoms with van der Waals surface area (Å²) in [5.41, 5.74) is 0. The van der Waals surface area contributed by atoms with Crippen LogP contribution in [0.2, 0.25) is 0 Å². The average Bonchev–Trinajstić information content (AvgIpc) is 2.01. The van der Waals surface area contributed by atoms with Gasteiger partial charge in [0.25, 0.3) is 0 Å². The second kappa shape index (κ2) is 4.97. The van der Waals surface area contributed by atoms with Gasteiger partial charge in [0.05, 0.1) is 4.49 Å². The molecule has 0 rings (SSSR count). The van der Waals surface area contributed by atoms with Crippen molar-refractivity contribution >= 4 is 21.9 Å². The Balaban J connectivity index is 4.54. The Bertz CT molecular complexity index is 144. The molecule has 3 unspecified atom stereocenters. The van der Waals surface area contributed by atoms with E-state index in [4.69, 9.17) is 12.6 Å². The summed E-state index contributed by atoms with van der Waals surface area (Å²) in [4.78, 5) is 4.39. The predicted molar refractivity (Wildman–Crippen MR) is 67.7 cm³/mol. The number of hydrogen-bond acceptors (Lipinski definition) is 3. The maximum atomic E-state index is 4.73. The Labute approximate surface area is 90.7 Å². The highest BCUT2D eigenvalue weighted by atomic mass is 32.1. The molecule has 80 valence electrons. The van der Waals surface area contributed by atoms with Gasteiger partial charge in [0, 0.05) is 12.1 Å². The lowest BCUT2D eigenvalue weighted by Gasteiger charge is -2.42. The van der Waals surface area contributed by atoms with E-state index in [9.17, 15) is 0 Å². The highest BCUT2D eigenvalue weighted by Gasteiger charge is 2.35. The van der Waals surface area contributed by atoms with Gasteiger partial charge >= 0.3 is 0 Å². The second-order valence-corrected chi connectivity index (χ2v) is 6.38. The fraction of sp³-hybridized carbons (Fsp3) is 1.00. The summed E-state index contributed by atoms with van der Waals surface area (Å²) in [7, 11) is 11.2. The zero-order valence-corrected chi connectivity index (χ0v) is 11.6. The van der Waals surface area contributed by atoms with Gasteiger partial charge in [-0.2, -0.15) is 12.6 Å². The van der Waals surface area contributed by atoms with Gasteiger partial charge in [0.15, 0.2) is 0 Å². The standard InChI is InChI=1S/C9H23N2PS/c1-7(10(3)4)9(12,13)8(2)11(5)6/h7-8,13H,12H2,1-6H3. The molecule has 0 fully saturated rings. The van der Waals surface area contributed by atoms with E-state index < -0.39 is 0 Å². The quantitative estimate of drug-likeness (QED) is 0.567. The Morgan fingerprint density at radius 1 is 1.00 bits per heavy atom. The fourth-order valence-electron chi connectivity index (χ4n) is 1.18. The molecule has 2 nitrogen and oxygen atoms in total. The van der Waals surface area contributed by atoms with Crippen LogP contribution in [0.25, 0.3) is 0 Å². The monoisotopic (exact) mass is 222 g/mol. The van der Waals surface area contributed by atoms with Crippen molar-refractivity contribution in [1.29, 1.82) is 0 Å². The summed E-state index contributed by atoms with van der Waals surface area (Å²) in [6, 6.07) is 0.830.